The predicted molar refractivity (Wildman–Crippen MR) is 85.4 cm³/mol. The summed E-state index contributed by atoms with van der Waals surface area (Å²) in [5.41, 5.74) is 2.52. The fraction of sp³-hybridized carbons (Fsp3) is 0.444. The van der Waals surface area contributed by atoms with E-state index in [9.17, 15) is 4.79 Å². The summed E-state index contributed by atoms with van der Waals surface area (Å²) in [4.78, 5) is 17.0. The highest BCUT2D eigenvalue weighted by atomic mass is 16.1. The van der Waals surface area contributed by atoms with Crippen molar-refractivity contribution in [1.82, 2.24) is 10.3 Å². The number of nitrogens with one attached hydrogen (secondary N) is 1. The Morgan fingerprint density at radius 2 is 2.00 bits per heavy atom. The Hall–Kier alpha value is -1.90. The first kappa shape index (κ1) is 14.1. The second-order valence-electron chi connectivity index (χ2n) is 6.04. The van der Waals surface area contributed by atoms with E-state index in [4.69, 9.17) is 0 Å². The Labute approximate surface area is 125 Å². The Kier molecular flexibility index (Phi) is 4.18. The molecule has 3 nitrogen and oxygen atoms in total. The van der Waals surface area contributed by atoms with Gasteiger partial charge in [-0.15, -0.1) is 0 Å². The van der Waals surface area contributed by atoms with E-state index in [1.807, 2.05) is 37.3 Å². The smallest absolute Gasteiger partial charge is 0.252 e. The van der Waals surface area contributed by atoms with Gasteiger partial charge < -0.3 is 5.32 Å². The van der Waals surface area contributed by atoms with Gasteiger partial charge in [0.05, 0.1) is 11.1 Å². The minimum atomic E-state index is 0.0299. The highest BCUT2D eigenvalue weighted by molar-refractivity contribution is 6.06. The average molecular weight is 282 g/mol. The molecule has 3 rings (SSSR count). The summed E-state index contributed by atoms with van der Waals surface area (Å²) >= 11 is 0. The van der Waals surface area contributed by atoms with E-state index < -0.39 is 0 Å². The molecule has 1 N–H and O–H groups in total. The molecule has 0 unspecified atom stereocenters. The molecule has 0 radical (unpaired) electrons. The SMILES string of the molecule is Cc1cc(C(=O)NCC2CCCCC2)c2ccccc2n1. The van der Waals surface area contributed by atoms with E-state index in [-0.39, 0.29) is 5.91 Å². The van der Waals surface area contributed by atoms with Gasteiger partial charge in [-0.2, -0.15) is 0 Å². The predicted octanol–water partition coefficient (Wildman–Crippen LogP) is 3.85. The molecular weight excluding hydrogens is 260 g/mol. The van der Waals surface area contributed by atoms with Crippen LogP contribution >= 0.6 is 0 Å². The highest BCUT2D eigenvalue weighted by Gasteiger charge is 2.16. The normalized spacial score (nSPS) is 16.0. The molecule has 1 aliphatic rings. The number of rotatable bonds is 3. The van der Waals surface area contributed by atoms with Crippen molar-refractivity contribution in [3.8, 4) is 0 Å². The standard InChI is InChI=1S/C18H22N2O/c1-13-11-16(15-9-5-6-10-17(15)20-13)18(21)19-12-14-7-3-2-4-8-14/h5-6,9-11,14H,2-4,7-8,12H2,1H3,(H,19,21). The number of hydrogen-bond acceptors (Lipinski definition) is 2. The molecule has 1 saturated carbocycles. The van der Waals surface area contributed by atoms with E-state index in [2.05, 4.69) is 10.3 Å². The van der Waals surface area contributed by atoms with E-state index in [0.717, 1.165) is 28.7 Å². The van der Waals surface area contributed by atoms with Crippen molar-refractivity contribution in [2.75, 3.05) is 6.54 Å². The van der Waals surface area contributed by atoms with Crippen LogP contribution in [0.5, 0.6) is 0 Å². The first-order valence-corrected chi connectivity index (χ1v) is 7.88. The molecule has 110 valence electrons. The maximum atomic E-state index is 12.5. The number of aryl methyl sites for hydroxylation is 1. The van der Waals surface area contributed by atoms with Crippen molar-refractivity contribution in [3.63, 3.8) is 0 Å². The van der Waals surface area contributed by atoms with Crippen molar-refractivity contribution in [1.29, 1.82) is 0 Å². The van der Waals surface area contributed by atoms with Gasteiger partial charge in [0, 0.05) is 17.6 Å². The lowest BCUT2D eigenvalue weighted by molar-refractivity contribution is 0.0945. The maximum absolute atomic E-state index is 12.5. The molecule has 1 aliphatic carbocycles. The molecule has 3 heteroatoms. The van der Waals surface area contributed by atoms with Crippen molar-refractivity contribution in [2.45, 2.75) is 39.0 Å². The maximum Gasteiger partial charge on any atom is 0.252 e. The van der Waals surface area contributed by atoms with E-state index in [0.29, 0.717) is 5.92 Å². The number of hydrogen-bond donors (Lipinski definition) is 1. The summed E-state index contributed by atoms with van der Waals surface area (Å²) in [6.45, 7) is 2.74. The van der Waals surface area contributed by atoms with E-state index >= 15 is 0 Å². The lowest BCUT2D eigenvalue weighted by Gasteiger charge is -2.21. The molecular formula is C18H22N2O. The average Bonchev–Trinajstić information content (AvgIpc) is 2.52. The van der Waals surface area contributed by atoms with Crippen molar-refractivity contribution < 1.29 is 4.79 Å². The molecule has 1 fully saturated rings. The van der Waals surface area contributed by atoms with Gasteiger partial charge in [-0.25, -0.2) is 0 Å². The monoisotopic (exact) mass is 282 g/mol. The summed E-state index contributed by atoms with van der Waals surface area (Å²) in [5.74, 6) is 0.680. The van der Waals surface area contributed by atoms with Crippen LogP contribution in [0.1, 0.15) is 48.2 Å². The topological polar surface area (TPSA) is 42.0 Å². The first-order valence-electron chi connectivity index (χ1n) is 7.88. The number of carbonyl (C=O) groups is 1. The number of para-hydroxylation sites is 1. The lowest BCUT2D eigenvalue weighted by Crippen LogP contribution is -2.30. The third-order valence-electron chi connectivity index (χ3n) is 4.36. The molecule has 1 aromatic carbocycles. The van der Waals surface area contributed by atoms with Crippen LogP contribution in [-0.2, 0) is 0 Å². The summed E-state index contributed by atoms with van der Waals surface area (Å²) in [6.07, 6.45) is 6.45. The number of fused-ring (bicyclic) bond motifs is 1. The van der Waals surface area contributed by atoms with Crippen LogP contribution in [-0.4, -0.2) is 17.4 Å². The van der Waals surface area contributed by atoms with E-state index in [1.165, 1.54) is 32.1 Å². The van der Waals surface area contributed by atoms with Crippen molar-refractivity contribution in [2.24, 2.45) is 5.92 Å². The Bertz CT molecular complexity index is 645. The molecule has 0 bridgehead atoms. The summed E-state index contributed by atoms with van der Waals surface area (Å²) in [5, 5.41) is 4.06. The Morgan fingerprint density at radius 1 is 1.24 bits per heavy atom. The van der Waals surface area contributed by atoms with Gasteiger partial charge in [-0.05, 0) is 37.8 Å². The van der Waals surface area contributed by atoms with Gasteiger partial charge in [0.15, 0.2) is 0 Å². The molecule has 0 saturated heterocycles. The number of pyridine rings is 1. The minimum absolute atomic E-state index is 0.0299. The Morgan fingerprint density at radius 3 is 2.81 bits per heavy atom. The zero-order chi connectivity index (χ0) is 14.7. The van der Waals surface area contributed by atoms with Crippen LogP contribution in [0, 0.1) is 12.8 Å². The number of aromatic nitrogens is 1. The summed E-state index contributed by atoms with van der Waals surface area (Å²) in [6, 6.07) is 9.73. The third-order valence-corrected chi connectivity index (χ3v) is 4.36. The first-order chi connectivity index (χ1) is 10.2. The van der Waals surface area contributed by atoms with Crippen LogP contribution in [0.4, 0.5) is 0 Å². The Balaban J connectivity index is 1.77. The largest absolute Gasteiger partial charge is 0.352 e. The van der Waals surface area contributed by atoms with Crippen molar-refractivity contribution in [3.05, 3.63) is 41.6 Å². The van der Waals surface area contributed by atoms with Crippen LogP contribution in [0.2, 0.25) is 0 Å². The molecule has 1 amide bonds. The molecule has 21 heavy (non-hydrogen) atoms. The molecule has 1 heterocycles. The molecule has 1 aromatic heterocycles. The third kappa shape index (κ3) is 3.23. The van der Waals surface area contributed by atoms with Crippen LogP contribution < -0.4 is 5.32 Å². The lowest BCUT2D eigenvalue weighted by atomic mass is 9.89. The number of amides is 1. The van der Waals surface area contributed by atoms with Crippen molar-refractivity contribution >= 4 is 16.8 Å². The molecule has 0 atom stereocenters. The van der Waals surface area contributed by atoms with Crippen LogP contribution in [0.25, 0.3) is 10.9 Å². The van der Waals surface area contributed by atoms with Crippen LogP contribution in [0.3, 0.4) is 0 Å². The van der Waals surface area contributed by atoms with Gasteiger partial charge in [0.2, 0.25) is 0 Å². The molecule has 0 aliphatic heterocycles. The van der Waals surface area contributed by atoms with Gasteiger partial charge in [-0.1, -0.05) is 37.5 Å². The number of benzene rings is 1. The fourth-order valence-electron chi connectivity index (χ4n) is 3.22. The quantitative estimate of drug-likeness (QED) is 0.929. The van der Waals surface area contributed by atoms with Gasteiger partial charge in [0.1, 0.15) is 0 Å². The highest BCUT2D eigenvalue weighted by Crippen LogP contribution is 2.23. The number of carbonyl (C=O) groups excluding carboxylic acids is 1. The minimum Gasteiger partial charge on any atom is -0.352 e. The van der Waals surface area contributed by atoms with Gasteiger partial charge >= 0.3 is 0 Å². The summed E-state index contributed by atoms with van der Waals surface area (Å²) < 4.78 is 0. The second-order valence-corrected chi connectivity index (χ2v) is 6.04. The zero-order valence-electron chi connectivity index (χ0n) is 12.6. The zero-order valence-corrected chi connectivity index (χ0v) is 12.6. The summed E-state index contributed by atoms with van der Waals surface area (Å²) in [7, 11) is 0. The fourth-order valence-corrected chi connectivity index (χ4v) is 3.22. The molecule has 2 aromatic rings. The number of nitrogens with zero attached hydrogens (tertiary/aromatic N) is 1. The van der Waals surface area contributed by atoms with Gasteiger partial charge in [0.25, 0.3) is 5.91 Å². The second kappa shape index (κ2) is 6.25. The van der Waals surface area contributed by atoms with E-state index in [1.54, 1.807) is 0 Å². The van der Waals surface area contributed by atoms with Gasteiger partial charge in [-0.3, -0.25) is 9.78 Å². The molecule has 0 spiro atoms. The van der Waals surface area contributed by atoms with Crippen LogP contribution in [0.15, 0.2) is 30.3 Å².